The average molecular weight is 478 g/mol. The van der Waals surface area contributed by atoms with E-state index in [0.29, 0.717) is 3.57 Å². The van der Waals surface area contributed by atoms with Gasteiger partial charge in [-0.2, -0.15) is 0 Å². The molecule has 27 heavy (non-hydrogen) atoms. The molecule has 5 nitrogen and oxygen atoms in total. The van der Waals surface area contributed by atoms with Crippen molar-refractivity contribution < 1.29 is 19.1 Å². The van der Waals surface area contributed by atoms with E-state index in [2.05, 4.69) is 10.6 Å². The molecule has 0 heterocycles. The number of amides is 2. The Kier molecular flexibility index (Phi) is 5.90. The maximum absolute atomic E-state index is 14.0. The van der Waals surface area contributed by atoms with Crippen LogP contribution in [0, 0.1) is 9.39 Å². The summed E-state index contributed by atoms with van der Waals surface area (Å²) in [5.41, 5.74) is 0.807. The molecule has 1 atom stereocenters. The second-order valence-electron chi connectivity index (χ2n) is 6.00. The summed E-state index contributed by atoms with van der Waals surface area (Å²) < 4.78 is 14.7. The number of halogens is 2. The fourth-order valence-corrected chi connectivity index (χ4v) is 3.22. The van der Waals surface area contributed by atoms with Crippen molar-refractivity contribution in [2.24, 2.45) is 0 Å². The van der Waals surface area contributed by atoms with E-state index in [4.69, 9.17) is 5.11 Å². The van der Waals surface area contributed by atoms with Crippen LogP contribution in [-0.4, -0.2) is 23.1 Å². The second kappa shape index (κ2) is 8.34. The monoisotopic (exact) mass is 478 g/mol. The Hall–Kier alpha value is -2.68. The number of rotatable bonds is 5. The van der Waals surface area contributed by atoms with Gasteiger partial charge in [-0.25, -0.2) is 9.18 Å². The minimum Gasteiger partial charge on any atom is -0.465 e. The van der Waals surface area contributed by atoms with Crippen LogP contribution in [0.2, 0.25) is 0 Å². The highest BCUT2D eigenvalue weighted by molar-refractivity contribution is 14.1. The Labute approximate surface area is 168 Å². The Bertz CT molecular complexity index is 1010. The topological polar surface area (TPSA) is 78.4 Å². The zero-order valence-corrected chi connectivity index (χ0v) is 16.2. The van der Waals surface area contributed by atoms with E-state index in [0.717, 1.165) is 16.3 Å². The standard InChI is InChI=1S/C20H16FIN2O3/c21-16-11-15(22)7-8-17(16)23-19(25)18(24-20(26)27)10-12-5-6-13-3-1-2-4-14(13)9-12/h1-9,11,18,24H,10H2,(H,23,25)(H,26,27)/t18-/m0/s1. The van der Waals surface area contributed by atoms with Crippen molar-refractivity contribution in [3.05, 3.63) is 75.6 Å². The molecule has 0 aliphatic rings. The van der Waals surface area contributed by atoms with Gasteiger partial charge in [0.1, 0.15) is 11.9 Å². The van der Waals surface area contributed by atoms with Crippen molar-refractivity contribution in [3.8, 4) is 0 Å². The molecular weight excluding hydrogens is 462 g/mol. The lowest BCUT2D eigenvalue weighted by Crippen LogP contribution is -2.44. The van der Waals surface area contributed by atoms with Crippen LogP contribution in [0.15, 0.2) is 60.7 Å². The molecule has 2 amide bonds. The predicted molar refractivity (Wildman–Crippen MR) is 110 cm³/mol. The SMILES string of the molecule is O=C(O)N[C@@H](Cc1ccc2ccccc2c1)C(=O)Nc1ccc(I)cc1F. The summed E-state index contributed by atoms with van der Waals surface area (Å²) in [4.78, 5) is 23.7. The van der Waals surface area contributed by atoms with E-state index in [1.54, 1.807) is 6.07 Å². The molecule has 0 aromatic heterocycles. The van der Waals surface area contributed by atoms with Crippen LogP contribution < -0.4 is 10.6 Å². The summed E-state index contributed by atoms with van der Waals surface area (Å²) in [6.45, 7) is 0. The number of hydrogen-bond acceptors (Lipinski definition) is 2. The molecule has 3 rings (SSSR count). The first kappa shape index (κ1) is 19.1. The molecule has 0 saturated carbocycles. The quantitative estimate of drug-likeness (QED) is 0.476. The zero-order chi connectivity index (χ0) is 19.4. The summed E-state index contributed by atoms with van der Waals surface area (Å²) in [7, 11) is 0. The lowest BCUT2D eigenvalue weighted by atomic mass is 10.0. The van der Waals surface area contributed by atoms with Crippen molar-refractivity contribution in [3.63, 3.8) is 0 Å². The first-order valence-electron chi connectivity index (χ1n) is 8.15. The number of carbonyl (C=O) groups excluding carboxylic acids is 1. The molecular formula is C20H16FIN2O3. The molecule has 0 unspecified atom stereocenters. The van der Waals surface area contributed by atoms with Crippen LogP contribution in [0.4, 0.5) is 14.9 Å². The summed E-state index contributed by atoms with van der Waals surface area (Å²) in [5.74, 6) is -1.19. The van der Waals surface area contributed by atoms with Crippen LogP contribution >= 0.6 is 22.6 Å². The number of benzene rings is 3. The largest absolute Gasteiger partial charge is 0.465 e. The number of carboxylic acid groups (broad SMARTS) is 1. The first-order chi connectivity index (χ1) is 12.9. The molecule has 0 aliphatic heterocycles. The zero-order valence-electron chi connectivity index (χ0n) is 14.1. The van der Waals surface area contributed by atoms with Gasteiger partial charge in [-0.3, -0.25) is 4.79 Å². The molecule has 138 valence electrons. The van der Waals surface area contributed by atoms with Crippen molar-refractivity contribution in [1.29, 1.82) is 0 Å². The molecule has 7 heteroatoms. The second-order valence-corrected chi connectivity index (χ2v) is 7.25. The summed E-state index contributed by atoms with van der Waals surface area (Å²) in [6, 6.07) is 16.8. The average Bonchev–Trinajstić information content (AvgIpc) is 2.63. The molecule has 0 spiro atoms. The fraction of sp³-hybridized carbons (Fsp3) is 0.100. The molecule has 0 fully saturated rings. The smallest absolute Gasteiger partial charge is 0.405 e. The van der Waals surface area contributed by atoms with Crippen molar-refractivity contribution in [2.45, 2.75) is 12.5 Å². The van der Waals surface area contributed by atoms with Gasteiger partial charge in [0, 0.05) is 9.99 Å². The third-order valence-corrected chi connectivity index (χ3v) is 4.73. The Morgan fingerprint density at radius 3 is 2.48 bits per heavy atom. The molecule has 0 aliphatic carbocycles. The van der Waals surface area contributed by atoms with Crippen molar-refractivity contribution >= 4 is 51.1 Å². The maximum Gasteiger partial charge on any atom is 0.405 e. The van der Waals surface area contributed by atoms with Gasteiger partial charge in [0.2, 0.25) is 5.91 Å². The predicted octanol–water partition coefficient (Wildman–Crippen LogP) is 4.40. The van der Waals surface area contributed by atoms with Crippen LogP contribution in [0.1, 0.15) is 5.56 Å². The first-order valence-corrected chi connectivity index (χ1v) is 9.23. The number of hydrogen-bond donors (Lipinski definition) is 3. The lowest BCUT2D eigenvalue weighted by Gasteiger charge is -2.17. The lowest BCUT2D eigenvalue weighted by molar-refractivity contribution is -0.118. The molecule has 0 radical (unpaired) electrons. The Morgan fingerprint density at radius 1 is 1.04 bits per heavy atom. The van der Waals surface area contributed by atoms with Crippen LogP contribution in [0.3, 0.4) is 0 Å². The van der Waals surface area contributed by atoms with Gasteiger partial charge < -0.3 is 15.7 Å². The molecule has 0 bridgehead atoms. The Morgan fingerprint density at radius 2 is 1.78 bits per heavy atom. The molecule has 3 aromatic rings. The van der Waals surface area contributed by atoms with Crippen LogP contribution in [0.5, 0.6) is 0 Å². The summed E-state index contributed by atoms with van der Waals surface area (Å²) in [6.07, 6.45) is -1.17. The maximum atomic E-state index is 14.0. The number of anilines is 1. The third kappa shape index (κ3) is 4.94. The highest BCUT2D eigenvalue weighted by Crippen LogP contribution is 2.19. The van der Waals surface area contributed by atoms with Crippen molar-refractivity contribution in [2.75, 3.05) is 5.32 Å². The minimum absolute atomic E-state index is 0.0103. The fourth-order valence-electron chi connectivity index (χ4n) is 2.77. The highest BCUT2D eigenvalue weighted by atomic mass is 127. The van der Waals surface area contributed by atoms with Gasteiger partial charge in [0.15, 0.2) is 0 Å². The van der Waals surface area contributed by atoms with Gasteiger partial charge >= 0.3 is 6.09 Å². The van der Waals surface area contributed by atoms with Gasteiger partial charge in [0.05, 0.1) is 5.69 Å². The number of nitrogens with one attached hydrogen (secondary N) is 2. The molecule has 3 N–H and O–H groups in total. The van der Waals surface area contributed by atoms with E-state index in [1.807, 2.05) is 65.1 Å². The van der Waals surface area contributed by atoms with E-state index in [9.17, 15) is 14.0 Å². The van der Waals surface area contributed by atoms with E-state index in [-0.39, 0.29) is 12.1 Å². The van der Waals surface area contributed by atoms with E-state index < -0.39 is 23.9 Å². The van der Waals surface area contributed by atoms with Crippen LogP contribution in [-0.2, 0) is 11.2 Å². The highest BCUT2D eigenvalue weighted by Gasteiger charge is 2.22. The third-order valence-electron chi connectivity index (χ3n) is 4.06. The van der Waals surface area contributed by atoms with E-state index in [1.165, 1.54) is 12.1 Å². The summed E-state index contributed by atoms with van der Waals surface area (Å²) in [5, 5.41) is 15.8. The normalized spacial score (nSPS) is 11.8. The molecule has 3 aromatic carbocycles. The minimum atomic E-state index is -1.32. The number of carbonyl (C=O) groups is 2. The van der Waals surface area contributed by atoms with Gasteiger partial charge in [-0.05, 0) is 57.1 Å². The van der Waals surface area contributed by atoms with Gasteiger partial charge in [-0.15, -0.1) is 0 Å². The summed E-state index contributed by atoms with van der Waals surface area (Å²) >= 11 is 1.96. The molecule has 0 saturated heterocycles. The van der Waals surface area contributed by atoms with Gasteiger partial charge in [0.25, 0.3) is 0 Å². The Balaban J connectivity index is 1.81. The van der Waals surface area contributed by atoms with E-state index >= 15 is 0 Å². The van der Waals surface area contributed by atoms with Crippen LogP contribution in [0.25, 0.3) is 10.8 Å². The van der Waals surface area contributed by atoms with Crippen molar-refractivity contribution in [1.82, 2.24) is 5.32 Å². The van der Waals surface area contributed by atoms with Gasteiger partial charge in [-0.1, -0.05) is 42.5 Å². The number of fused-ring (bicyclic) bond motifs is 1.